The van der Waals surface area contributed by atoms with E-state index in [0.717, 1.165) is 12.8 Å². The summed E-state index contributed by atoms with van der Waals surface area (Å²) in [4.78, 5) is 22.4. The highest BCUT2D eigenvalue weighted by Crippen LogP contribution is 2.08. The van der Waals surface area contributed by atoms with Crippen molar-refractivity contribution in [1.82, 2.24) is 0 Å². The summed E-state index contributed by atoms with van der Waals surface area (Å²) < 4.78 is 4.74. The lowest BCUT2D eigenvalue weighted by molar-refractivity contribution is -0.143. The maximum atomic E-state index is 11.3. The Balaban J connectivity index is 3.75. The van der Waals surface area contributed by atoms with Gasteiger partial charge in [0.05, 0.1) is 6.61 Å². The molecule has 0 aromatic carbocycles. The summed E-state index contributed by atoms with van der Waals surface area (Å²) in [5, 5.41) is -0.598. The summed E-state index contributed by atoms with van der Waals surface area (Å²) in [6.07, 6.45) is 2.58. The molecule has 1 unspecified atom stereocenters. The zero-order valence-electron chi connectivity index (χ0n) is 8.78. The maximum Gasteiger partial charge on any atom is 0.319 e. The molecule has 14 heavy (non-hydrogen) atoms. The minimum atomic E-state index is -0.598. The molecule has 0 radical (unpaired) electrons. The lowest BCUT2D eigenvalue weighted by Gasteiger charge is -2.08. The Bertz CT molecular complexity index is 192. The number of unbranched alkanes of at least 4 members (excludes halogenated alkanes) is 1. The van der Waals surface area contributed by atoms with Crippen molar-refractivity contribution >= 4 is 24.4 Å². The topological polar surface area (TPSA) is 43.4 Å². The van der Waals surface area contributed by atoms with Gasteiger partial charge in [0.15, 0.2) is 0 Å². The van der Waals surface area contributed by atoms with E-state index in [1.807, 2.05) is 6.92 Å². The van der Waals surface area contributed by atoms with Crippen LogP contribution in [-0.4, -0.2) is 23.6 Å². The van der Waals surface area contributed by atoms with Gasteiger partial charge in [0, 0.05) is 12.8 Å². The number of Topliss-reactive ketones (excluding diaryl/α,β-unsaturated/α-hetero) is 1. The van der Waals surface area contributed by atoms with Gasteiger partial charge in [-0.3, -0.25) is 9.59 Å². The third kappa shape index (κ3) is 6.02. The molecule has 0 aliphatic heterocycles. The van der Waals surface area contributed by atoms with Gasteiger partial charge in [-0.05, 0) is 13.3 Å². The number of hydrogen-bond acceptors (Lipinski definition) is 4. The Morgan fingerprint density at radius 2 is 2.00 bits per heavy atom. The molecule has 0 N–H and O–H groups in total. The van der Waals surface area contributed by atoms with E-state index in [2.05, 4.69) is 12.6 Å². The van der Waals surface area contributed by atoms with Crippen LogP contribution in [0.5, 0.6) is 0 Å². The molecule has 82 valence electrons. The number of hydrogen-bond donors (Lipinski definition) is 1. The highest BCUT2D eigenvalue weighted by molar-refractivity contribution is 7.81. The molecule has 0 aliphatic carbocycles. The van der Waals surface area contributed by atoms with Crippen LogP contribution in [0.1, 0.15) is 39.5 Å². The van der Waals surface area contributed by atoms with Gasteiger partial charge in [-0.2, -0.15) is 12.6 Å². The van der Waals surface area contributed by atoms with Crippen molar-refractivity contribution in [2.45, 2.75) is 44.8 Å². The zero-order valence-corrected chi connectivity index (χ0v) is 9.68. The van der Waals surface area contributed by atoms with Gasteiger partial charge in [0.1, 0.15) is 11.0 Å². The molecule has 4 heteroatoms. The number of rotatable bonds is 7. The second-order valence-corrected chi connectivity index (χ2v) is 3.74. The van der Waals surface area contributed by atoms with Crippen LogP contribution in [0.25, 0.3) is 0 Å². The molecular weight excluding hydrogens is 200 g/mol. The Morgan fingerprint density at radius 1 is 1.36 bits per heavy atom. The number of ketones is 1. The Labute approximate surface area is 90.6 Å². The minimum absolute atomic E-state index is 0.0832. The Morgan fingerprint density at radius 3 is 2.50 bits per heavy atom. The summed E-state index contributed by atoms with van der Waals surface area (Å²) in [5.41, 5.74) is 0. The van der Waals surface area contributed by atoms with Crippen LogP contribution in [0.2, 0.25) is 0 Å². The third-order valence-corrected chi connectivity index (χ3v) is 2.18. The summed E-state index contributed by atoms with van der Waals surface area (Å²) >= 11 is 4.03. The fourth-order valence-corrected chi connectivity index (χ4v) is 1.29. The van der Waals surface area contributed by atoms with Crippen LogP contribution in [-0.2, 0) is 14.3 Å². The van der Waals surface area contributed by atoms with E-state index in [0.29, 0.717) is 13.0 Å². The van der Waals surface area contributed by atoms with Gasteiger partial charge in [0.25, 0.3) is 0 Å². The van der Waals surface area contributed by atoms with Crippen LogP contribution in [0.4, 0.5) is 0 Å². The van der Waals surface area contributed by atoms with Crippen LogP contribution < -0.4 is 0 Å². The van der Waals surface area contributed by atoms with Crippen molar-refractivity contribution in [3.05, 3.63) is 0 Å². The van der Waals surface area contributed by atoms with Gasteiger partial charge in [-0.1, -0.05) is 13.3 Å². The smallest absolute Gasteiger partial charge is 0.319 e. The van der Waals surface area contributed by atoms with Gasteiger partial charge in [-0.25, -0.2) is 0 Å². The first-order valence-electron chi connectivity index (χ1n) is 4.98. The van der Waals surface area contributed by atoms with Gasteiger partial charge in [-0.15, -0.1) is 0 Å². The normalized spacial score (nSPS) is 12.2. The number of carbonyl (C=O) groups is 2. The second-order valence-electron chi connectivity index (χ2n) is 3.11. The van der Waals surface area contributed by atoms with Crippen molar-refractivity contribution in [2.75, 3.05) is 6.61 Å². The van der Waals surface area contributed by atoms with E-state index in [1.165, 1.54) is 0 Å². The lowest BCUT2D eigenvalue weighted by atomic mass is 10.1. The molecule has 0 heterocycles. The molecule has 0 saturated carbocycles. The van der Waals surface area contributed by atoms with E-state index in [-0.39, 0.29) is 12.2 Å². The molecule has 0 fully saturated rings. The predicted molar refractivity (Wildman–Crippen MR) is 58.6 cm³/mol. The summed E-state index contributed by atoms with van der Waals surface area (Å²) in [7, 11) is 0. The van der Waals surface area contributed by atoms with Crippen molar-refractivity contribution < 1.29 is 14.3 Å². The van der Waals surface area contributed by atoms with E-state index < -0.39 is 11.2 Å². The predicted octanol–water partition coefficient (Wildman–Crippen LogP) is 2.00. The van der Waals surface area contributed by atoms with E-state index >= 15 is 0 Å². The molecule has 1 atom stereocenters. The highest BCUT2D eigenvalue weighted by atomic mass is 32.1. The van der Waals surface area contributed by atoms with Crippen molar-refractivity contribution in [2.24, 2.45) is 0 Å². The minimum Gasteiger partial charge on any atom is -0.465 e. The average Bonchev–Trinajstić information content (AvgIpc) is 2.15. The molecule has 0 aliphatic rings. The van der Waals surface area contributed by atoms with Crippen LogP contribution >= 0.6 is 12.6 Å². The first-order valence-corrected chi connectivity index (χ1v) is 5.49. The molecule has 0 spiro atoms. The molecule has 0 aromatic heterocycles. The highest BCUT2D eigenvalue weighted by Gasteiger charge is 2.18. The molecule has 3 nitrogen and oxygen atoms in total. The fraction of sp³-hybridized carbons (Fsp3) is 0.800. The van der Waals surface area contributed by atoms with Gasteiger partial charge >= 0.3 is 5.97 Å². The van der Waals surface area contributed by atoms with Crippen LogP contribution in [0, 0.1) is 0 Å². The average molecular weight is 218 g/mol. The van der Waals surface area contributed by atoms with Crippen LogP contribution in [0.3, 0.4) is 0 Å². The number of ether oxygens (including phenoxy) is 1. The maximum absolute atomic E-state index is 11.3. The van der Waals surface area contributed by atoms with Crippen molar-refractivity contribution in [1.29, 1.82) is 0 Å². The first kappa shape index (κ1) is 13.5. The second kappa shape index (κ2) is 7.85. The number of esters is 1. The Kier molecular flexibility index (Phi) is 7.57. The monoisotopic (exact) mass is 218 g/mol. The van der Waals surface area contributed by atoms with E-state index in [4.69, 9.17) is 4.74 Å². The Hall–Kier alpha value is -0.510. The summed E-state index contributed by atoms with van der Waals surface area (Å²) in [6.45, 7) is 4.09. The summed E-state index contributed by atoms with van der Waals surface area (Å²) in [6, 6.07) is 0. The largest absolute Gasteiger partial charge is 0.465 e. The SMILES string of the molecule is CCCCC(=O)CC(S)C(=O)OCC. The van der Waals surface area contributed by atoms with Crippen molar-refractivity contribution in [3.8, 4) is 0 Å². The van der Waals surface area contributed by atoms with Crippen LogP contribution in [0.15, 0.2) is 0 Å². The quantitative estimate of drug-likeness (QED) is 0.525. The molecule has 0 bridgehead atoms. The molecule has 0 saturated heterocycles. The first-order chi connectivity index (χ1) is 6.61. The number of thiol groups is 1. The fourth-order valence-electron chi connectivity index (χ4n) is 1.01. The lowest BCUT2D eigenvalue weighted by Crippen LogP contribution is -2.21. The molecule has 0 amide bonds. The van der Waals surface area contributed by atoms with E-state index in [1.54, 1.807) is 6.92 Å². The molecule has 0 aromatic rings. The van der Waals surface area contributed by atoms with Gasteiger partial charge < -0.3 is 4.74 Å². The number of carbonyl (C=O) groups excluding carboxylic acids is 2. The van der Waals surface area contributed by atoms with Crippen molar-refractivity contribution in [3.63, 3.8) is 0 Å². The standard InChI is InChI=1S/C10H18O3S/c1-3-5-6-8(11)7-9(14)10(12)13-4-2/h9,14H,3-7H2,1-2H3. The summed E-state index contributed by atoms with van der Waals surface area (Å²) in [5.74, 6) is -0.319. The molecule has 0 rings (SSSR count). The van der Waals surface area contributed by atoms with Gasteiger partial charge in [0.2, 0.25) is 0 Å². The zero-order chi connectivity index (χ0) is 11.0. The third-order valence-electron chi connectivity index (χ3n) is 1.79. The molecular formula is C10H18O3S. The van der Waals surface area contributed by atoms with E-state index in [9.17, 15) is 9.59 Å².